The van der Waals surface area contributed by atoms with Crippen LogP contribution in [0.1, 0.15) is 12.6 Å². The van der Waals surface area contributed by atoms with Crippen LogP contribution >= 0.6 is 0 Å². The van der Waals surface area contributed by atoms with Gasteiger partial charge < -0.3 is 4.98 Å². The van der Waals surface area contributed by atoms with Gasteiger partial charge in [0.1, 0.15) is 5.65 Å². The number of hydrogen-bond acceptors (Lipinski definition) is 3. The molecule has 4 heteroatoms. The highest BCUT2D eigenvalue weighted by atomic mass is 14.9. The van der Waals surface area contributed by atoms with Crippen LogP contribution in [0.15, 0.2) is 48.9 Å². The number of aromatic nitrogens is 4. The van der Waals surface area contributed by atoms with E-state index in [9.17, 15) is 0 Å². The fourth-order valence-electron chi connectivity index (χ4n) is 2.56. The van der Waals surface area contributed by atoms with Gasteiger partial charge in [-0.1, -0.05) is 6.92 Å². The zero-order chi connectivity index (χ0) is 14.2. The molecular formula is C17H14N4. The third-order valence-corrected chi connectivity index (χ3v) is 3.74. The highest BCUT2D eigenvalue weighted by molar-refractivity contribution is 6.05. The molecule has 0 unspecified atom stereocenters. The minimum Gasteiger partial charge on any atom is -0.339 e. The molecular weight excluding hydrogens is 260 g/mol. The maximum atomic E-state index is 4.71. The third kappa shape index (κ3) is 1.96. The molecule has 4 aromatic rings. The molecule has 0 amide bonds. The number of H-pyrrole nitrogens is 1. The molecule has 0 aliphatic carbocycles. The Labute approximate surface area is 121 Å². The highest BCUT2D eigenvalue weighted by Gasteiger charge is 2.07. The summed E-state index contributed by atoms with van der Waals surface area (Å²) in [5.41, 5.74) is 5.00. The Morgan fingerprint density at radius 2 is 1.95 bits per heavy atom. The fourth-order valence-corrected chi connectivity index (χ4v) is 2.56. The average Bonchev–Trinajstić information content (AvgIpc) is 2.92. The molecule has 4 nitrogen and oxygen atoms in total. The molecule has 102 valence electrons. The number of pyridine rings is 3. The Hall–Kier alpha value is -2.75. The second-order valence-corrected chi connectivity index (χ2v) is 5.03. The summed E-state index contributed by atoms with van der Waals surface area (Å²) in [4.78, 5) is 16.7. The molecule has 0 bridgehead atoms. The lowest BCUT2D eigenvalue weighted by Gasteiger charge is -2.02. The molecule has 0 fully saturated rings. The predicted octanol–water partition coefficient (Wildman–Crippen LogP) is 3.74. The summed E-state index contributed by atoms with van der Waals surface area (Å²) in [5.74, 6) is 0. The smallest absolute Gasteiger partial charge is 0.139 e. The van der Waals surface area contributed by atoms with E-state index in [1.165, 1.54) is 0 Å². The van der Waals surface area contributed by atoms with Crippen LogP contribution in [0.5, 0.6) is 0 Å². The van der Waals surface area contributed by atoms with Crippen LogP contribution < -0.4 is 0 Å². The molecule has 4 heterocycles. The standard InChI is InChI=1S/C17H14N4/c1-2-12-4-3-11(9-19-12)15-6-5-13-14-10-18-8-7-16(14)21-17(13)20-15/h3-10H,2H2,1H3,(H,20,21). The van der Waals surface area contributed by atoms with Crippen LogP contribution in [-0.4, -0.2) is 19.9 Å². The van der Waals surface area contributed by atoms with Crippen LogP contribution in [0.3, 0.4) is 0 Å². The predicted molar refractivity (Wildman–Crippen MR) is 84.0 cm³/mol. The Balaban J connectivity index is 1.87. The number of nitrogens with zero attached hydrogens (tertiary/aromatic N) is 3. The molecule has 4 rings (SSSR count). The summed E-state index contributed by atoms with van der Waals surface area (Å²) in [6.45, 7) is 2.10. The number of aromatic amines is 1. The van der Waals surface area contributed by atoms with Crippen molar-refractivity contribution in [1.29, 1.82) is 0 Å². The Morgan fingerprint density at radius 1 is 1.00 bits per heavy atom. The molecule has 0 radical (unpaired) electrons. The average molecular weight is 274 g/mol. The third-order valence-electron chi connectivity index (χ3n) is 3.74. The van der Waals surface area contributed by atoms with Crippen molar-refractivity contribution >= 4 is 21.9 Å². The first-order valence-corrected chi connectivity index (χ1v) is 7.03. The first-order valence-electron chi connectivity index (χ1n) is 7.03. The summed E-state index contributed by atoms with van der Waals surface area (Å²) >= 11 is 0. The number of aryl methyl sites for hydroxylation is 1. The fraction of sp³-hybridized carbons (Fsp3) is 0.118. The Morgan fingerprint density at radius 3 is 2.76 bits per heavy atom. The van der Waals surface area contributed by atoms with Crippen LogP contribution in [0, 0.1) is 0 Å². The summed E-state index contributed by atoms with van der Waals surface area (Å²) < 4.78 is 0. The van der Waals surface area contributed by atoms with Crippen LogP contribution in [0.2, 0.25) is 0 Å². The van der Waals surface area contributed by atoms with Crippen molar-refractivity contribution in [2.45, 2.75) is 13.3 Å². The Bertz CT molecular complexity index is 922. The minimum atomic E-state index is 0.884. The zero-order valence-electron chi connectivity index (χ0n) is 11.7. The summed E-state index contributed by atoms with van der Waals surface area (Å²) in [6, 6.07) is 10.2. The van der Waals surface area contributed by atoms with E-state index in [0.29, 0.717) is 0 Å². The van der Waals surface area contributed by atoms with Crippen LogP contribution in [0.25, 0.3) is 33.2 Å². The number of nitrogens with one attached hydrogen (secondary N) is 1. The normalized spacial score (nSPS) is 11.3. The number of rotatable bonds is 2. The van der Waals surface area contributed by atoms with Crippen LogP contribution in [0.4, 0.5) is 0 Å². The van der Waals surface area contributed by atoms with Gasteiger partial charge >= 0.3 is 0 Å². The summed E-state index contributed by atoms with van der Waals surface area (Å²) in [5, 5.41) is 2.20. The first kappa shape index (κ1) is 12.0. The van der Waals surface area contributed by atoms with Gasteiger partial charge in [0.2, 0.25) is 0 Å². The van der Waals surface area contributed by atoms with Crippen molar-refractivity contribution in [3.63, 3.8) is 0 Å². The lowest BCUT2D eigenvalue weighted by Crippen LogP contribution is -1.89. The largest absolute Gasteiger partial charge is 0.339 e. The van der Waals surface area contributed by atoms with E-state index >= 15 is 0 Å². The van der Waals surface area contributed by atoms with Gasteiger partial charge in [-0.3, -0.25) is 9.97 Å². The maximum absolute atomic E-state index is 4.71. The van der Waals surface area contributed by atoms with Crippen molar-refractivity contribution in [3.05, 3.63) is 54.6 Å². The minimum absolute atomic E-state index is 0.884. The first-order chi connectivity index (χ1) is 10.3. The van der Waals surface area contributed by atoms with Gasteiger partial charge in [-0.05, 0) is 36.8 Å². The highest BCUT2D eigenvalue weighted by Crippen LogP contribution is 2.26. The van der Waals surface area contributed by atoms with E-state index in [0.717, 1.165) is 45.3 Å². The SMILES string of the molecule is CCc1ccc(-c2ccc3c(n2)[nH]c2ccncc23)cn1. The van der Waals surface area contributed by atoms with E-state index in [1.807, 2.05) is 24.5 Å². The van der Waals surface area contributed by atoms with Gasteiger partial charge in [0.25, 0.3) is 0 Å². The van der Waals surface area contributed by atoms with Crippen molar-refractivity contribution in [1.82, 2.24) is 19.9 Å². The molecule has 0 atom stereocenters. The molecule has 0 saturated carbocycles. The zero-order valence-corrected chi connectivity index (χ0v) is 11.7. The maximum Gasteiger partial charge on any atom is 0.139 e. The molecule has 0 aromatic carbocycles. The Kier molecular flexibility index (Phi) is 2.67. The van der Waals surface area contributed by atoms with Gasteiger partial charge in [-0.15, -0.1) is 0 Å². The van der Waals surface area contributed by atoms with Gasteiger partial charge in [0.05, 0.1) is 11.2 Å². The summed E-state index contributed by atoms with van der Waals surface area (Å²) in [7, 11) is 0. The van der Waals surface area contributed by atoms with Crippen molar-refractivity contribution < 1.29 is 0 Å². The van der Waals surface area contributed by atoms with E-state index in [4.69, 9.17) is 4.98 Å². The van der Waals surface area contributed by atoms with Gasteiger partial charge in [-0.25, -0.2) is 4.98 Å². The van der Waals surface area contributed by atoms with E-state index in [-0.39, 0.29) is 0 Å². The second-order valence-electron chi connectivity index (χ2n) is 5.03. The van der Waals surface area contributed by atoms with Crippen molar-refractivity contribution in [3.8, 4) is 11.3 Å². The van der Waals surface area contributed by atoms with Crippen molar-refractivity contribution in [2.24, 2.45) is 0 Å². The number of hydrogen-bond donors (Lipinski definition) is 1. The van der Waals surface area contributed by atoms with E-state index in [1.54, 1.807) is 6.20 Å². The molecule has 0 aliphatic heterocycles. The number of fused-ring (bicyclic) bond motifs is 3. The van der Waals surface area contributed by atoms with Gasteiger partial charge in [-0.2, -0.15) is 0 Å². The lowest BCUT2D eigenvalue weighted by atomic mass is 10.1. The quantitative estimate of drug-likeness (QED) is 0.606. The monoisotopic (exact) mass is 274 g/mol. The summed E-state index contributed by atoms with van der Waals surface area (Å²) in [6.07, 6.45) is 6.48. The topological polar surface area (TPSA) is 54.5 Å². The van der Waals surface area contributed by atoms with Gasteiger partial charge in [0, 0.05) is 40.6 Å². The second kappa shape index (κ2) is 4.66. The molecule has 21 heavy (non-hydrogen) atoms. The molecule has 4 aromatic heterocycles. The van der Waals surface area contributed by atoms with Crippen LogP contribution in [-0.2, 0) is 6.42 Å². The van der Waals surface area contributed by atoms with Gasteiger partial charge in [0.15, 0.2) is 0 Å². The molecule has 0 spiro atoms. The molecule has 1 N–H and O–H groups in total. The lowest BCUT2D eigenvalue weighted by molar-refractivity contribution is 1.04. The van der Waals surface area contributed by atoms with E-state index < -0.39 is 0 Å². The van der Waals surface area contributed by atoms with E-state index in [2.05, 4.69) is 40.1 Å². The molecule has 0 aliphatic rings. The van der Waals surface area contributed by atoms with Crippen molar-refractivity contribution in [2.75, 3.05) is 0 Å². The molecule has 0 saturated heterocycles.